The molecular formula is C24H31N3O4. The maximum absolute atomic E-state index is 13.4. The first-order chi connectivity index (χ1) is 15.0. The van der Waals surface area contributed by atoms with Gasteiger partial charge < -0.3 is 9.64 Å². The minimum absolute atomic E-state index is 0.0931. The molecule has 1 saturated heterocycles. The average Bonchev–Trinajstić information content (AvgIpc) is 2.78. The highest BCUT2D eigenvalue weighted by Crippen LogP contribution is 2.29. The Labute approximate surface area is 183 Å². The molecule has 0 saturated carbocycles. The summed E-state index contributed by atoms with van der Waals surface area (Å²) in [6.45, 7) is 7.45. The van der Waals surface area contributed by atoms with Crippen molar-refractivity contribution in [2.24, 2.45) is 0 Å². The Morgan fingerprint density at radius 2 is 2.00 bits per heavy atom. The summed E-state index contributed by atoms with van der Waals surface area (Å²) in [5, 5.41) is 11.5. The number of rotatable bonds is 9. The van der Waals surface area contributed by atoms with E-state index in [1.165, 1.54) is 17.7 Å². The third kappa shape index (κ3) is 5.82. The summed E-state index contributed by atoms with van der Waals surface area (Å²) in [7, 11) is 0. The molecule has 31 heavy (non-hydrogen) atoms. The summed E-state index contributed by atoms with van der Waals surface area (Å²) in [4.78, 5) is 28.7. The second-order valence-electron chi connectivity index (χ2n) is 7.89. The van der Waals surface area contributed by atoms with Gasteiger partial charge in [-0.05, 0) is 50.4 Å². The molecular weight excluding hydrogens is 394 g/mol. The van der Waals surface area contributed by atoms with Crippen LogP contribution in [0.1, 0.15) is 49.0 Å². The summed E-state index contributed by atoms with van der Waals surface area (Å²) in [5.41, 5.74) is 1.43. The Hall–Kier alpha value is -2.93. The lowest BCUT2D eigenvalue weighted by Crippen LogP contribution is -2.50. The number of amides is 1. The number of hydrogen-bond acceptors (Lipinski definition) is 5. The lowest BCUT2D eigenvalue weighted by molar-refractivity contribution is -0.385. The van der Waals surface area contributed by atoms with E-state index in [-0.39, 0.29) is 23.4 Å². The summed E-state index contributed by atoms with van der Waals surface area (Å²) >= 11 is 0. The fraction of sp³-hybridized carbons (Fsp3) is 0.458. The zero-order valence-electron chi connectivity index (χ0n) is 18.3. The number of carbonyl (C=O) groups is 1. The number of benzene rings is 2. The van der Waals surface area contributed by atoms with Gasteiger partial charge in [-0.1, -0.05) is 37.3 Å². The molecule has 1 aliphatic rings. The molecule has 7 heteroatoms. The Balaban J connectivity index is 1.78. The molecule has 2 aromatic rings. The molecule has 1 atom stereocenters. The van der Waals surface area contributed by atoms with Crippen LogP contribution in [0.25, 0.3) is 0 Å². The van der Waals surface area contributed by atoms with Gasteiger partial charge in [-0.25, -0.2) is 0 Å². The van der Waals surface area contributed by atoms with Crippen LogP contribution in [-0.4, -0.2) is 52.9 Å². The Morgan fingerprint density at radius 3 is 2.68 bits per heavy atom. The van der Waals surface area contributed by atoms with Gasteiger partial charge in [-0.2, -0.15) is 0 Å². The van der Waals surface area contributed by atoms with Gasteiger partial charge in [0.25, 0.3) is 5.91 Å². The number of nitro groups is 1. The van der Waals surface area contributed by atoms with E-state index in [1.54, 1.807) is 13.0 Å². The zero-order valence-corrected chi connectivity index (χ0v) is 18.3. The van der Waals surface area contributed by atoms with Gasteiger partial charge in [0.1, 0.15) is 0 Å². The fourth-order valence-electron chi connectivity index (χ4n) is 4.20. The first-order valence-electron chi connectivity index (χ1n) is 11.0. The molecule has 1 aliphatic heterocycles. The molecule has 0 aliphatic carbocycles. The van der Waals surface area contributed by atoms with Gasteiger partial charge in [-0.15, -0.1) is 0 Å². The van der Waals surface area contributed by atoms with Crippen LogP contribution >= 0.6 is 0 Å². The topological polar surface area (TPSA) is 75.9 Å². The molecule has 1 fully saturated rings. The smallest absolute Gasteiger partial charge is 0.311 e. The van der Waals surface area contributed by atoms with E-state index >= 15 is 0 Å². The fourth-order valence-corrected chi connectivity index (χ4v) is 4.20. The first kappa shape index (κ1) is 22.7. The summed E-state index contributed by atoms with van der Waals surface area (Å²) < 4.78 is 5.35. The van der Waals surface area contributed by atoms with Gasteiger partial charge in [0, 0.05) is 37.3 Å². The maximum atomic E-state index is 13.4. The number of carbonyl (C=O) groups excluding carboxylic acids is 1. The van der Waals surface area contributed by atoms with Crippen molar-refractivity contribution >= 4 is 11.6 Å². The van der Waals surface area contributed by atoms with Crippen molar-refractivity contribution in [3.8, 4) is 5.75 Å². The third-order valence-electron chi connectivity index (χ3n) is 5.60. The zero-order chi connectivity index (χ0) is 22.2. The molecule has 0 spiro atoms. The lowest BCUT2D eigenvalue weighted by atomic mass is 10.0. The van der Waals surface area contributed by atoms with Gasteiger partial charge in [0.2, 0.25) is 0 Å². The van der Waals surface area contributed by atoms with Crippen LogP contribution in [0, 0.1) is 10.1 Å². The molecule has 0 radical (unpaired) electrons. The molecule has 3 rings (SSSR count). The molecule has 1 heterocycles. The highest BCUT2D eigenvalue weighted by Gasteiger charge is 2.30. The largest absolute Gasteiger partial charge is 0.487 e. The Morgan fingerprint density at radius 1 is 1.23 bits per heavy atom. The van der Waals surface area contributed by atoms with E-state index < -0.39 is 4.92 Å². The van der Waals surface area contributed by atoms with E-state index in [2.05, 4.69) is 17.0 Å². The maximum Gasteiger partial charge on any atom is 0.311 e. The third-order valence-corrected chi connectivity index (χ3v) is 5.60. The second-order valence-corrected chi connectivity index (χ2v) is 7.89. The molecule has 1 amide bonds. The first-order valence-corrected chi connectivity index (χ1v) is 11.0. The van der Waals surface area contributed by atoms with E-state index in [0.717, 1.165) is 38.9 Å². The normalized spacial score (nSPS) is 16.6. The van der Waals surface area contributed by atoms with Crippen molar-refractivity contribution in [1.82, 2.24) is 9.80 Å². The number of nitrogens with zero attached hydrogens (tertiary/aromatic N) is 3. The van der Waals surface area contributed by atoms with E-state index in [4.69, 9.17) is 4.74 Å². The number of hydrogen-bond donors (Lipinski definition) is 0. The van der Waals surface area contributed by atoms with Gasteiger partial charge >= 0.3 is 5.69 Å². The molecule has 0 unspecified atom stereocenters. The Bertz CT molecular complexity index is 888. The monoisotopic (exact) mass is 425 g/mol. The minimum atomic E-state index is -0.492. The minimum Gasteiger partial charge on any atom is -0.487 e. The second kappa shape index (κ2) is 10.9. The highest BCUT2D eigenvalue weighted by atomic mass is 16.6. The van der Waals surface area contributed by atoms with E-state index in [9.17, 15) is 14.9 Å². The number of nitro benzene ring substituents is 1. The number of ether oxygens (including phenoxy) is 1. The molecule has 0 bridgehead atoms. The molecule has 2 aromatic carbocycles. The van der Waals surface area contributed by atoms with Gasteiger partial charge in [0.15, 0.2) is 5.75 Å². The van der Waals surface area contributed by atoms with Crippen LogP contribution < -0.4 is 4.74 Å². The van der Waals surface area contributed by atoms with Crippen LogP contribution in [0.15, 0.2) is 48.5 Å². The Kier molecular flexibility index (Phi) is 8.00. The molecule has 0 aromatic heterocycles. The molecule has 0 N–H and O–H groups in total. The SMILES string of the molecule is CCCN(C(=O)c1ccc(OCC)c([N+](=O)[O-])c1)[C@H]1CCCN(Cc2ccccc2)C1. The van der Waals surface area contributed by atoms with Crippen molar-refractivity contribution in [2.45, 2.75) is 45.7 Å². The van der Waals surface area contributed by atoms with Crippen LogP contribution in [0.2, 0.25) is 0 Å². The van der Waals surface area contributed by atoms with Gasteiger partial charge in [-0.3, -0.25) is 19.8 Å². The molecule has 7 nitrogen and oxygen atoms in total. The van der Waals surface area contributed by atoms with Crippen LogP contribution in [0.5, 0.6) is 5.75 Å². The number of piperidine rings is 1. The van der Waals surface area contributed by atoms with Crippen LogP contribution in [0.3, 0.4) is 0 Å². The quantitative estimate of drug-likeness (QED) is 0.436. The lowest BCUT2D eigenvalue weighted by Gasteiger charge is -2.39. The summed E-state index contributed by atoms with van der Waals surface area (Å²) in [5.74, 6) is 0.0392. The number of likely N-dealkylation sites (tertiary alicyclic amines) is 1. The van der Waals surface area contributed by atoms with Crippen molar-refractivity contribution < 1.29 is 14.5 Å². The van der Waals surface area contributed by atoms with Gasteiger partial charge in [0.05, 0.1) is 11.5 Å². The van der Waals surface area contributed by atoms with E-state index in [0.29, 0.717) is 18.7 Å². The van der Waals surface area contributed by atoms with Crippen molar-refractivity contribution in [1.29, 1.82) is 0 Å². The predicted octanol–water partition coefficient (Wildman–Crippen LogP) is 4.51. The summed E-state index contributed by atoms with van der Waals surface area (Å²) in [6, 6.07) is 15.0. The van der Waals surface area contributed by atoms with Crippen molar-refractivity contribution in [2.75, 3.05) is 26.2 Å². The van der Waals surface area contributed by atoms with Crippen LogP contribution in [-0.2, 0) is 6.54 Å². The predicted molar refractivity (Wildman–Crippen MR) is 120 cm³/mol. The average molecular weight is 426 g/mol. The summed E-state index contributed by atoms with van der Waals surface area (Å²) in [6.07, 6.45) is 2.80. The molecule has 166 valence electrons. The van der Waals surface area contributed by atoms with E-state index in [1.807, 2.05) is 30.0 Å². The van der Waals surface area contributed by atoms with Crippen molar-refractivity contribution in [3.05, 3.63) is 69.8 Å². The highest BCUT2D eigenvalue weighted by molar-refractivity contribution is 5.95. The van der Waals surface area contributed by atoms with Crippen LogP contribution in [0.4, 0.5) is 5.69 Å². The standard InChI is InChI=1S/C24H31N3O4/c1-3-14-26(21-11-8-15-25(18-21)17-19-9-6-5-7-10-19)24(28)20-12-13-23(31-4-2)22(16-20)27(29)30/h5-7,9-10,12-13,16,21H,3-4,8,11,14-15,17-18H2,1-2H3/t21-/m0/s1. The van der Waals surface area contributed by atoms with Crippen molar-refractivity contribution in [3.63, 3.8) is 0 Å².